The predicted octanol–water partition coefficient (Wildman–Crippen LogP) is 2.58. The van der Waals surface area contributed by atoms with Crippen molar-refractivity contribution < 1.29 is 9.59 Å². The number of carbonyl (C=O) groups excluding carboxylic acids is 2. The molecular formula is C21H28N4O2. The number of hydrogen-bond acceptors (Lipinski definition) is 4. The third-order valence-electron chi connectivity index (χ3n) is 5.12. The number of benzene rings is 1. The summed E-state index contributed by atoms with van der Waals surface area (Å²) in [5.41, 5.74) is 2.75. The van der Waals surface area contributed by atoms with Crippen LogP contribution in [0.25, 0.3) is 0 Å². The predicted molar refractivity (Wildman–Crippen MR) is 106 cm³/mol. The number of piperidine rings is 1. The van der Waals surface area contributed by atoms with Crippen molar-refractivity contribution in [2.24, 2.45) is 13.0 Å². The Morgan fingerprint density at radius 1 is 1.26 bits per heavy atom. The number of carbonyl (C=O) groups is 2. The minimum Gasteiger partial charge on any atom is -0.322 e. The largest absolute Gasteiger partial charge is 0.322 e. The third-order valence-corrected chi connectivity index (χ3v) is 5.12. The van der Waals surface area contributed by atoms with E-state index in [1.807, 2.05) is 32.2 Å². The summed E-state index contributed by atoms with van der Waals surface area (Å²) >= 11 is 0. The molecule has 0 saturated carbocycles. The molecule has 0 bridgehead atoms. The quantitative estimate of drug-likeness (QED) is 0.816. The van der Waals surface area contributed by atoms with E-state index in [0.717, 1.165) is 37.2 Å². The average Bonchev–Trinajstić information content (AvgIpc) is 2.97. The van der Waals surface area contributed by atoms with Crippen molar-refractivity contribution in [1.82, 2.24) is 14.7 Å². The Kier molecular flexibility index (Phi) is 6.40. The van der Waals surface area contributed by atoms with Crippen molar-refractivity contribution in [2.45, 2.75) is 32.6 Å². The van der Waals surface area contributed by atoms with E-state index in [4.69, 9.17) is 0 Å². The number of anilines is 1. The molecule has 144 valence electrons. The maximum absolute atomic E-state index is 12.6. The van der Waals surface area contributed by atoms with E-state index in [1.54, 1.807) is 10.9 Å². The number of amides is 1. The molecule has 1 aromatic carbocycles. The molecule has 1 fully saturated rings. The summed E-state index contributed by atoms with van der Waals surface area (Å²) in [5, 5.41) is 7.16. The van der Waals surface area contributed by atoms with Crippen molar-refractivity contribution in [2.75, 3.05) is 25.0 Å². The molecule has 0 radical (unpaired) electrons. The van der Waals surface area contributed by atoms with Crippen LogP contribution in [0.15, 0.2) is 36.5 Å². The van der Waals surface area contributed by atoms with E-state index < -0.39 is 0 Å². The van der Waals surface area contributed by atoms with E-state index >= 15 is 0 Å². The lowest BCUT2D eigenvalue weighted by atomic mass is 9.90. The molecule has 2 aromatic rings. The highest BCUT2D eigenvalue weighted by Gasteiger charge is 2.26. The summed E-state index contributed by atoms with van der Waals surface area (Å²) in [7, 11) is 1.83. The summed E-state index contributed by atoms with van der Waals surface area (Å²) in [4.78, 5) is 27.1. The monoisotopic (exact) mass is 368 g/mol. The molecule has 1 aliphatic rings. The van der Waals surface area contributed by atoms with Gasteiger partial charge in [-0.3, -0.25) is 19.2 Å². The standard InChI is InChI=1S/C21H28N4O2/c1-16-19(14-24(2)23-16)22-21(27)15-25-12-6-9-18(13-25)20(26)11-10-17-7-4-3-5-8-17/h3-5,7-8,14,18H,6,9-13,15H2,1-2H3,(H,22,27)/t18-/m0/s1. The number of aromatic nitrogens is 2. The fraction of sp³-hybridized carbons (Fsp3) is 0.476. The zero-order valence-electron chi connectivity index (χ0n) is 16.1. The topological polar surface area (TPSA) is 67.2 Å². The van der Waals surface area contributed by atoms with Gasteiger partial charge in [-0.1, -0.05) is 30.3 Å². The zero-order chi connectivity index (χ0) is 19.2. The summed E-state index contributed by atoms with van der Waals surface area (Å²) < 4.78 is 1.69. The van der Waals surface area contributed by atoms with Gasteiger partial charge in [0, 0.05) is 32.1 Å². The van der Waals surface area contributed by atoms with Crippen LogP contribution in [0.5, 0.6) is 0 Å². The van der Waals surface area contributed by atoms with Crippen molar-refractivity contribution in [1.29, 1.82) is 0 Å². The summed E-state index contributed by atoms with van der Waals surface area (Å²) in [6.45, 7) is 3.73. The van der Waals surface area contributed by atoms with Gasteiger partial charge in [0.25, 0.3) is 0 Å². The highest BCUT2D eigenvalue weighted by molar-refractivity contribution is 5.92. The van der Waals surface area contributed by atoms with Gasteiger partial charge in [0.1, 0.15) is 5.78 Å². The first kappa shape index (κ1) is 19.3. The highest BCUT2D eigenvalue weighted by atomic mass is 16.2. The average molecular weight is 368 g/mol. The maximum Gasteiger partial charge on any atom is 0.238 e. The van der Waals surface area contributed by atoms with Crippen molar-refractivity contribution in [3.63, 3.8) is 0 Å². The van der Waals surface area contributed by atoms with Crippen LogP contribution in [0.2, 0.25) is 0 Å². The van der Waals surface area contributed by atoms with Crippen LogP contribution in [0.4, 0.5) is 5.69 Å². The van der Waals surface area contributed by atoms with Crippen LogP contribution in [-0.4, -0.2) is 46.0 Å². The lowest BCUT2D eigenvalue weighted by Gasteiger charge is -2.31. The van der Waals surface area contributed by atoms with Crippen LogP contribution in [-0.2, 0) is 23.1 Å². The molecule has 1 aliphatic heterocycles. The molecule has 1 saturated heterocycles. The van der Waals surface area contributed by atoms with Crippen LogP contribution >= 0.6 is 0 Å². The minimum atomic E-state index is -0.0523. The van der Waals surface area contributed by atoms with Crippen molar-refractivity contribution in [3.8, 4) is 0 Å². The Labute approximate surface area is 160 Å². The number of Topliss-reactive ketones (excluding diaryl/α,β-unsaturated/α-hetero) is 1. The van der Waals surface area contributed by atoms with Gasteiger partial charge in [-0.05, 0) is 38.3 Å². The second-order valence-corrected chi connectivity index (χ2v) is 7.38. The molecular weight excluding hydrogens is 340 g/mol. The first-order chi connectivity index (χ1) is 13.0. The molecule has 1 amide bonds. The van der Waals surface area contributed by atoms with Crippen LogP contribution in [0.3, 0.4) is 0 Å². The fourth-order valence-electron chi connectivity index (χ4n) is 3.69. The van der Waals surface area contributed by atoms with Gasteiger partial charge in [-0.25, -0.2) is 0 Å². The summed E-state index contributed by atoms with van der Waals surface area (Å²) in [6.07, 6.45) is 5.05. The van der Waals surface area contributed by atoms with Crippen LogP contribution in [0, 0.1) is 12.8 Å². The highest BCUT2D eigenvalue weighted by Crippen LogP contribution is 2.20. The zero-order valence-corrected chi connectivity index (χ0v) is 16.1. The van der Waals surface area contributed by atoms with Gasteiger partial charge in [0.2, 0.25) is 5.91 Å². The SMILES string of the molecule is Cc1nn(C)cc1NC(=O)CN1CCC[C@H](C(=O)CCc2ccccc2)C1. The Bertz CT molecular complexity index is 785. The fourth-order valence-corrected chi connectivity index (χ4v) is 3.69. The number of nitrogens with zero attached hydrogens (tertiary/aromatic N) is 3. The summed E-state index contributed by atoms with van der Waals surface area (Å²) in [6, 6.07) is 10.1. The van der Waals surface area contributed by atoms with Crippen molar-refractivity contribution in [3.05, 3.63) is 47.8 Å². The van der Waals surface area contributed by atoms with Crippen molar-refractivity contribution >= 4 is 17.4 Å². The molecule has 6 nitrogen and oxygen atoms in total. The Balaban J connectivity index is 1.47. The third kappa shape index (κ3) is 5.50. The molecule has 1 atom stereocenters. The van der Waals surface area contributed by atoms with E-state index in [9.17, 15) is 9.59 Å². The molecule has 27 heavy (non-hydrogen) atoms. The second-order valence-electron chi connectivity index (χ2n) is 7.38. The van der Waals surface area contributed by atoms with Gasteiger partial charge in [0.05, 0.1) is 17.9 Å². The molecule has 6 heteroatoms. The number of likely N-dealkylation sites (tertiary alicyclic amines) is 1. The Morgan fingerprint density at radius 2 is 2.04 bits per heavy atom. The van der Waals surface area contributed by atoms with Gasteiger partial charge in [0.15, 0.2) is 0 Å². The number of nitrogens with one attached hydrogen (secondary N) is 1. The maximum atomic E-state index is 12.6. The molecule has 1 N–H and O–H groups in total. The lowest BCUT2D eigenvalue weighted by Crippen LogP contribution is -2.42. The van der Waals surface area contributed by atoms with E-state index in [0.29, 0.717) is 25.3 Å². The smallest absolute Gasteiger partial charge is 0.238 e. The van der Waals surface area contributed by atoms with E-state index in [1.165, 1.54) is 5.56 Å². The minimum absolute atomic E-state index is 0.0374. The first-order valence-corrected chi connectivity index (χ1v) is 9.60. The summed E-state index contributed by atoms with van der Waals surface area (Å²) in [5.74, 6) is 0.297. The molecule has 1 aromatic heterocycles. The molecule has 2 heterocycles. The first-order valence-electron chi connectivity index (χ1n) is 9.60. The van der Waals surface area contributed by atoms with Gasteiger partial charge in [-0.2, -0.15) is 5.10 Å². The van der Waals surface area contributed by atoms with Crippen LogP contribution in [0.1, 0.15) is 30.5 Å². The number of rotatable bonds is 7. The number of aryl methyl sites for hydroxylation is 3. The van der Waals surface area contributed by atoms with Gasteiger partial charge < -0.3 is 5.32 Å². The second kappa shape index (κ2) is 8.95. The number of hydrogen-bond donors (Lipinski definition) is 1. The van der Waals surface area contributed by atoms with Gasteiger partial charge >= 0.3 is 0 Å². The Morgan fingerprint density at radius 3 is 2.74 bits per heavy atom. The molecule has 0 aliphatic carbocycles. The van der Waals surface area contributed by atoms with Gasteiger partial charge in [-0.15, -0.1) is 0 Å². The Hall–Kier alpha value is -2.47. The molecule has 0 spiro atoms. The number of ketones is 1. The molecule has 0 unspecified atom stereocenters. The molecule has 3 rings (SSSR count). The van der Waals surface area contributed by atoms with E-state index in [2.05, 4.69) is 27.4 Å². The normalized spacial score (nSPS) is 17.6. The lowest BCUT2D eigenvalue weighted by molar-refractivity contribution is -0.126. The van der Waals surface area contributed by atoms with E-state index in [-0.39, 0.29) is 11.8 Å². The van der Waals surface area contributed by atoms with Crippen LogP contribution < -0.4 is 5.32 Å².